The van der Waals surface area contributed by atoms with Crippen molar-refractivity contribution in [2.45, 2.75) is 31.3 Å². The maximum absolute atomic E-state index is 13.3. The van der Waals surface area contributed by atoms with Crippen molar-refractivity contribution in [1.82, 2.24) is 4.90 Å². The van der Waals surface area contributed by atoms with Gasteiger partial charge in [0.05, 0.1) is 7.11 Å². The number of rotatable bonds is 4. The Morgan fingerprint density at radius 2 is 1.81 bits per heavy atom. The van der Waals surface area contributed by atoms with Gasteiger partial charge in [-0.15, -0.1) is 0 Å². The molecule has 0 aliphatic carbocycles. The largest absolute Gasteiger partial charge is 0.497 e. The van der Waals surface area contributed by atoms with Crippen LogP contribution in [0.3, 0.4) is 0 Å². The third-order valence-corrected chi connectivity index (χ3v) is 5.64. The number of carbonyl (C=O) groups excluding carboxylic acids is 1. The molecule has 2 atom stereocenters. The molecule has 0 aromatic heterocycles. The molecule has 0 spiro atoms. The summed E-state index contributed by atoms with van der Waals surface area (Å²) in [6.45, 7) is 0. The molecule has 2 aromatic rings. The number of benzene rings is 2. The van der Waals surface area contributed by atoms with Crippen LogP contribution in [-0.4, -0.2) is 37.0 Å². The zero-order chi connectivity index (χ0) is 19.0. The lowest BCUT2D eigenvalue weighted by Crippen LogP contribution is -2.40. The van der Waals surface area contributed by atoms with E-state index in [0.717, 1.165) is 36.4 Å². The molecule has 4 nitrogen and oxygen atoms in total. The standard InChI is InChI=1S/C22H23FN2O2/c1-24-18-7-8-19(24)14-20(13-18)25(17-9-11-21(27-2)12-10-17)22(26)15-3-5-16(23)6-4-15/h3-6,9-13,18-19H,7-8,14H2,1-2H3/t18-,19-/m0/s1. The van der Waals surface area contributed by atoms with Crippen LogP contribution in [0.15, 0.2) is 60.3 Å². The summed E-state index contributed by atoms with van der Waals surface area (Å²) >= 11 is 0. The first-order valence-corrected chi connectivity index (χ1v) is 9.23. The Bertz CT molecular complexity index is 861. The number of carbonyl (C=O) groups is 1. The third kappa shape index (κ3) is 3.35. The molecule has 2 aliphatic heterocycles. The zero-order valence-electron chi connectivity index (χ0n) is 15.6. The molecule has 1 fully saturated rings. The summed E-state index contributed by atoms with van der Waals surface area (Å²) in [6, 6.07) is 14.0. The number of nitrogens with zero attached hydrogens (tertiary/aromatic N) is 2. The maximum Gasteiger partial charge on any atom is 0.262 e. The number of amides is 1. The molecule has 2 aromatic carbocycles. The fraction of sp³-hybridized carbons (Fsp3) is 0.318. The Labute approximate surface area is 158 Å². The summed E-state index contributed by atoms with van der Waals surface area (Å²) in [5.41, 5.74) is 2.28. The third-order valence-electron chi connectivity index (χ3n) is 5.64. The fourth-order valence-corrected chi connectivity index (χ4v) is 4.05. The van der Waals surface area contributed by atoms with Gasteiger partial charge in [0.25, 0.3) is 5.91 Å². The topological polar surface area (TPSA) is 32.8 Å². The van der Waals surface area contributed by atoms with Crippen molar-refractivity contribution in [3.8, 4) is 5.75 Å². The van der Waals surface area contributed by atoms with Gasteiger partial charge in [-0.25, -0.2) is 4.39 Å². The molecule has 1 saturated heterocycles. The van der Waals surface area contributed by atoms with Gasteiger partial charge in [-0.05, 0) is 74.5 Å². The van der Waals surface area contributed by atoms with E-state index in [1.54, 1.807) is 12.0 Å². The van der Waals surface area contributed by atoms with E-state index in [1.807, 2.05) is 24.3 Å². The molecule has 1 amide bonds. The molecule has 0 unspecified atom stereocenters. The van der Waals surface area contributed by atoms with Gasteiger partial charge in [0.1, 0.15) is 11.6 Å². The summed E-state index contributed by atoms with van der Waals surface area (Å²) in [6.07, 6.45) is 5.29. The molecule has 2 heterocycles. The minimum atomic E-state index is -0.348. The highest BCUT2D eigenvalue weighted by Gasteiger charge is 2.37. The summed E-state index contributed by atoms with van der Waals surface area (Å²) in [4.78, 5) is 17.5. The van der Waals surface area contributed by atoms with Crippen molar-refractivity contribution in [3.05, 3.63) is 71.7 Å². The summed E-state index contributed by atoms with van der Waals surface area (Å²) in [5, 5.41) is 0. The van der Waals surface area contributed by atoms with Crippen molar-refractivity contribution in [2.24, 2.45) is 0 Å². The van der Waals surface area contributed by atoms with Gasteiger partial charge in [-0.2, -0.15) is 0 Å². The van der Waals surface area contributed by atoms with Crippen molar-refractivity contribution >= 4 is 11.6 Å². The lowest BCUT2D eigenvalue weighted by Gasteiger charge is -2.35. The van der Waals surface area contributed by atoms with Crippen molar-refractivity contribution in [1.29, 1.82) is 0 Å². The van der Waals surface area contributed by atoms with Crippen molar-refractivity contribution in [3.63, 3.8) is 0 Å². The van der Waals surface area contributed by atoms with Gasteiger partial charge in [0.2, 0.25) is 0 Å². The number of hydrogen-bond donors (Lipinski definition) is 0. The Hall–Kier alpha value is -2.66. The molecule has 0 saturated carbocycles. The van der Waals surface area contributed by atoms with Gasteiger partial charge in [0.15, 0.2) is 0 Å². The number of methoxy groups -OCH3 is 1. The average molecular weight is 366 g/mol. The fourth-order valence-electron chi connectivity index (χ4n) is 4.05. The zero-order valence-corrected chi connectivity index (χ0v) is 15.6. The van der Waals surface area contributed by atoms with Crippen LogP contribution in [0.1, 0.15) is 29.6 Å². The molecule has 4 rings (SSSR count). The predicted octanol–water partition coefficient (Wildman–Crippen LogP) is 4.23. The highest BCUT2D eigenvalue weighted by atomic mass is 19.1. The first-order valence-electron chi connectivity index (χ1n) is 9.23. The van der Waals surface area contributed by atoms with E-state index in [2.05, 4.69) is 18.0 Å². The highest BCUT2D eigenvalue weighted by Crippen LogP contribution is 2.37. The molecule has 2 bridgehead atoms. The van der Waals surface area contributed by atoms with Crippen molar-refractivity contribution < 1.29 is 13.9 Å². The van der Waals surface area contributed by atoms with E-state index < -0.39 is 0 Å². The summed E-state index contributed by atoms with van der Waals surface area (Å²) < 4.78 is 18.6. The summed E-state index contributed by atoms with van der Waals surface area (Å²) in [5.74, 6) is 0.250. The van der Waals surface area contributed by atoms with Gasteiger partial charge in [-0.1, -0.05) is 0 Å². The molecule has 5 heteroatoms. The lowest BCUT2D eigenvalue weighted by atomic mass is 10.0. The van der Waals surface area contributed by atoms with Crippen LogP contribution >= 0.6 is 0 Å². The molecule has 27 heavy (non-hydrogen) atoms. The van der Waals surface area contributed by atoms with Crippen LogP contribution in [0.25, 0.3) is 0 Å². The highest BCUT2D eigenvalue weighted by molar-refractivity contribution is 6.08. The van der Waals surface area contributed by atoms with Crippen LogP contribution < -0.4 is 9.64 Å². The monoisotopic (exact) mass is 366 g/mol. The molecular weight excluding hydrogens is 343 g/mol. The Balaban J connectivity index is 1.74. The molecule has 2 aliphatic rings. The van der Waals surface area contributed by atoms with Crippen LogP contribution in [0.4, 0.5) is 10.1 Å². The summed E-state index contributed by atoms with van der Waals surface area (Å²) in [7, 11) is 3.77. The lowest BCUT2D eigenvalue weighted by molar-refractivity contribution is 0.0991. The van der Waals surface area contributed by atoms with Crippen molar-refractivity contribution in [2.75, 3.05) is 19.1 Å². The van der Waals surface area contributed by atoms with Crippen LogP contribution in [0.5, 0.6) is 5.75 Å². The first-order chi connectivity index (χ1) is 13.1. The number of fused-ring (bicyclic) bond motifs is 2. The van der Waals surface area contributed by atoms with Gasteiger partial charge in [0, 0.05) is 35.5 Å². The van der Waals surface area contributed by atoms with Crippen LogP contribution in [-0.2, 0) is 0 Å². The van der Waals surface area contributed by atoms with E-state index in [-0.39, 0.29) is 11.7 Å². The minimum absolute atomic E-state index is 0.143. The molecule has 140 valence electrons. The van der Waals surface area contributed by atoms with Gasteiger partial charge >= 0.3 is 0 Å². The molecule has 0 radical (unpaired) electrons. The quantitative estimate of drug-likeness (QED) is 0.812. The average Bonchev–Trinajstić information content (AvgIpc) is 2.90. The smallest absolute Gasteiger partial charge is 0.262 e. The van der Waals surface area contributed by atoms with Crippen LogP contribution in [0.2, 0.25) is 0 Å². The number of anilines is 1. The number of halogens is 1. The molecular formula is C22H23FN2O2. The number of ether oxygens (including phenoxy) is 1. The Morgan fingerprint density at radius 1 is 1.11 bits per heavy atom. The van der Waals surface area contributed by atoms with E-state index in [1.165, 1.54) is 24.3 Å². The minimum Gasteiger partial charge on any atom is -0.497 e. The Kier molecular flexibility index (Phi) is 4.70. The van der Waals surface area contributed by atoms with E-state index in [0.29, 0.717) is 17.6 Å². The second-order valence-electron chi connectivity index (χ2n) is 7.17. The second kappa shape index (κ2) is 7.16. The number of likely N-dealkylation sites (N-methyl/N-ethyl adjacent to an activating group) is 1. The Morgan fingerprint density at radius 3 is 2.44 bits per heavy atom. The van der Waals surface area contributed by atoms with E-state index in [4.69, 9.17) is 4.74 Å². The molecule has 0 N–H and O–H groups in total. The second-order valence-corrected chi connectivity index (χ2v) is 7.17. The van der Waals surface area contributed by atoms with Gasteiger partial charge in [-0.3, -0.25) is 14.6 Å². The van der Waals surface area contributed by atoms with Gasteiger partial charge < -0.3 is 4.74 Å². The number of hydrogen-bond acceptors (Lipinski definition) is 3. The normalized spacial score (nSPS) is 21.7. The predicted molar refractivity (Wildman–Crippen MR) is 103 cm³/mol. The van der Waals surface area contributed by atoms with E-state index in [9.17, 15) is 9.18 Å². The SMILES string of the molecule is COc1ccc(N(C(=O)c2ccc(F)cc2)C2=C[C@@H]3CC[C@@H](C2)N3C)cc1. The maximum atomic E-state index is 13.3. The van der Waals surface area contributed by atoms with Crippen LogP contribution in [0, 0.1) is 5.82 Å². The van der Waals surface area contributed by atoms with E-state index >= 15 is 0 Å². The first kappa shape index (κ1) is 17.7.